The third-order valence-corrected chi connectivity index (χ3v) is 3.94. The van der Waals surface area contributed by atoms with Crippen LogP contribution < -0.4 is 0 Å². The predicted molar refractivity (Wildman–Crippen MR) is 54.8 cm³/mol. The van der Waals surface area contributed by atoms with E-state index in [2.05, 4.69) is 25.1 Å². The van der Waals surface area contributed by atoms with E-state index in [4.69, 9.17) is 5.26 Å². The minimum Gasteiger partial charge on any atom is -0.197 e. The molecule has 0 N–H and O–H groups in total. The fourth-order valence-electron chi connectivity index (χ4n) is 1.55. The molecule has 1 fully saturated rings. The number of nitriles is 1. The highest BCUT2D eigenvalue weighted by Gasteiger charge is 2.45. The second-order valence-electron chi connectivity index (χ2n) is 3.71. The van der Waals surface area contributed by atoms with Crippen LogP contribution in [-0.4, -0.2) is 0 Å². The summed E-state index contributed by atoms with van der Waals surface area (Å²) < 4.78 is 0. The van der Waals surface area contributed by atoms with Crippen molar-refractivity contribution in [3.8, 4) is 6.07 Å². The number of rotatable bonds is 3. The summed E-state index contributed by atoms with van der Waals surface area (Å²) in [7, 11) is 0. The molecule has 1 aliphatic rings. The van der Waals surface area contributed by atoms with Crippen molar-refractivity contribution in [3.05, 3.63) is 21.9 Å². The molecular weight excluding hydrogens is 178 g/mol. The maximum Gasteiger partial charge on any atom is 0.0916 e. The second-order valence-corrected chi connectivity index (χ2v) is 4.88. The molecule has 2 heteroatoms. The van der Waals surface area contributed by atoms with Crippen molar-refractivity contribution in [1.29, 1.82) is 5.26 Å². The first-order valence-corrected chi connectivity index (χ1v) is 5.63. The minimum atomic E-state index is -0.0728. The van der Waals surface area contributed by atoms with E-state index in [1.165, 1.54) is 16.2 Å². The highest BCUT2D eigenvalue weighted by atomic mass is 32.1. The van der Waals surface area contributed by atoms with Crippen LogP contribution in [0.4, 0.5) is 0 Å². The number of thiophene rings is 1. The van der Waals surface area contributed by atoms with Gasteiger partial charge in [-0.25, -0.2) is 0 Å². The standard InChI is InChI=1S/C11H13NS/c1-2-3-9-4-5-10(13-9)11(8-12)6-7-11/h4-5H,2-3,6-7H2,1H3. The average molecular weight is 191 g/mol. The number of aryl methyl sites for hydroxylation is 1. The summed E-state index contributed by atoms with van der Waals surface area (Å²) in [5, 5.41) is 9.01. The third-order valence-electron chi connectivity index (χ3n) is 2.59. The molecule has 1 aromatic rings. The Morgan fingerprint density at radius 1 is 1.54 bits per heavy atom. The molecule has 1 nitrogen and oxygen atoms in total. The highest BCUT2D eigenvalue weighted by Crippen LogP contribution is 2.49. The van der Waals surface area contributed by atoms with Crippen LogP contribution in [0.2, 0.25) is 0 Å². The molecule has 0 bridgehead atoms. The molecule has 1 saturated carbocycles. The number of hydrogen-bond acceptors (Lipinski definition) is 2. The van der Waals surface area contributed by atoms with Gasteiger partial charge in [-0.3, -0.25) is 0 Å². The Hall–Kier alpha value is -0.810. The van der Waals surface area contributed by atoms with Gasteiger partial charge in [0.2, 0.25) is 0 Å². The summed E-state index contributed by atoms with van der Waals surface area (Å²) in [6.07, 6.45) is 4.48. The van der Waals surface area contributed by atoms with E-state index in [9.17, 15) is 0 Å². The Balaban J connectivity index is 2.19. The van der Waals surface area contributed by atoms with Gasteiger partial charge in [-0.1, -0.05) is 13.3 Å². The van der Waals surface area contributed by atoms with Gasteiger partial charge in [-0.2, -0.15) is 5.26 Å². The van der Waals surface area contributed by atoms with Gasteiger partial charge in [0.1, 0.15) is 0 Å². The molecule has 0 spiro atoms. The van der Waals surface area contributed by atoms with Gasteiger partial charge >= 0.3 is 0 Å². The zero-order valence-electron chi connectivity index (χ0n) is 7.84. The molecule has 1 aromatic heterocycles. The van der Waals surface area contributed by atoms with Crippen LogP contribution in [0.15, 0.2) is 12.1 Å². The van der Waals surface area contributed by atoms with Crippen LogP contribution in [-0.2, 0) is 11.8 Å². The Morgan fingerprint density at radius 3 is 2.85 bits per heavy atom. The van der Waals surface area contributed by atoms with E-state index >= 15 is 0 Å². The maximum atomic E-state index is 9.01. The molecule has 0 aromatic carbocycles. The topological polar surface area (TPSA) is 23.8 Å². The van der Waals surface area contributed by atoms with Crippen molar-refractivity contribution in [2.24, 2.45) is 0 Å². The van der Waals surface area contributed by atoms with Crippen LogP contribution in [0, 0.1) is 11.3 Å². The molecule has 0 atom stereocenters. The Bertz CT molecular complexity index is 341. The van der Waals surface area contributed by atoms with E-state index in [1.807, 2.05) is 11.3 Å². The van der Waals surface area contributed by atoms with Crippen molar-refractivity contribution < 1.29 is 0 Å². The first kappa shape index (κ1) is 8.77. The number of hydrogen-bond donors (Lipinski definition) is 0. The Kier molecular flexibility index (Phi) is 2.13. The lowest BCUT2D eigenvalue weighted by atomic mass is 10.1. The second kappa shape index (κ2) is 3.16. The predicted octanol–water partition coefficient (Wildman–Crippen LogP) is 3.26. The Morgan fingerprint density at radius 2 is 2.31 bits per heavy atom. The van der Waals surface area contributed by atoms with E-state index in [1.54, 1.807) is 0 Å². The smallest absolute Gasteiger partial charge is 0.0916 e. The van der Waals surface area contributed by atoms with Crippen molar-refractivity contribution in [3.63, 3.8) is 0 Å². The lowest BCUT2D eigenvalue weighted by Crippen LogP contribution is -1.97. The summed E-state index contributed by atoms with van der Waals surface area (Å²) in [4.78, 5) is 2.72. The minimum absolute atomic E-state index is 0.0728. The summed E-state index contributed by atoms with van der Waals surface area (Å²) in [5.41, 5.74) is -0.0728. The van der Waals surface area contributed by atoms with Gasteiger partial charge in [-0.15, -0.1) is 11.3 Å². The summed E-state index contributed by atoms with van der Waals surface area (Å²) in [5.74, 6) is 0. The summed E-state index contributed by atoms with van der Waals surface area (Å²) >= 11 is 1.83. The normalized spacial score (nSPS) is 18.2. The maximum absolute atomic E-state index is 9.01. The number of nitrogens with zero attached hydrogens (tertiary/aromatic N) is 1. The van der Waals surface area contributed by atoms with Crippen molar-refractivity contribution in [1.82, 2.24) is 0 Å². The van der Waals surface area contributed by atoms with Gasteiger partial charge in [0, 0.05) is 9.75 Å². The van der Waals surface area contributed by atoms with Crippen molar-refractivity contribution in [2.45, 2.75) is 38.0 Å². The van der Waals surface area contributed by atoms with Crippen LogP contribution in [0.25, 0.3) is 0 Å². The molecule has 0 aliphatic heterocycles. The van der Waals surface area contributed by atoms with Gasteiger partial charge in [-0.05, 0) is 31.4 Å². The third kappa shape index (κ3) is 1.49. The van der Waals surface area contributed by atoms with Crippen molar-refractivity contribution in [2.75, 3.05) is 0 Å². The molecule has 13 heavy (non-hydrogen) atoms. The van der Waals surface area contributed by atoms with Crippen LogP contribution in [0.1, 0.15) is 35.9 Å². The van der Waals surface area contributed by atoms with Gasteiger partial charge in [0.15, 0.2) is 0 Å². The first-order valence-electron chi connectivity index (χ1n) is 4.81. The summed E-state index contributed by atoms with van der Waals surface area (Å²) in [6.45, 7) is 2.19. The highest BCUT2D eigenvalue weighted by molar-refractivity contribution is 7.12. The lowest BCUT2D eigenvalue weighted by Gasteiger charge is -1.99. The lowest BCUT2D eigenvalue weighted by molar-refractivity contribution is 0.936. The molecule has 0 amide bonds. The molecule has 0 saturated heterocycles. The first-order chi connectivity index (χ1) is 6.30. The zero-order valence-corrected chi connectivity index (χ0v) is 8.66. The molecule has 2 rings (SSSR count). The van der Waals surface area contributed by atoms with E-state index in [-0.39, 0.29) is 5.41 Å². The van der Waals surface area contributed by atoms with Crippen LogP contribution in [0.5, 0.6) is 0 Å². The monoisotopic (exact) mass is 191 g/mol. The van der Waals surface area contributed by atoms with Gasteiger partial charge in [0.25, 0.3) is 0 Å². The molecule has 0 radical (unpaired) electrons. The van der Waals surface area contributed by atoms with Crippen LogP contribution in [0.3, 0.4) is 0 Å². The average Bonchev–Trinajstić information content (AvgIpc) is 2.82. The van der Waals surface area contributed by atoms with Gasteiger partial charge < -0.3 is 0 Å². The molecule has 1 heterocycles. The van der Waals surface area contributed by atoms with E-state index in [0.717, 1.165) is 19.3 Å². The Labute approximate surface area is 83.0 Å². The van der Waals surface area contributed by atoms with E-state index in [0.29, 0.717) is 0 Å². The molecule has 0 unspecified atom stereocenters. The largest absolute Gasteiger partial charge is 0.197 e. The van der Waals surface area contributed by atoms with Crippen LogP contribution >= 0.6 is 11.3 Å². The van der Waals surface area contributed by atoms with Crippen molar-refractivity contribution >= 4 is 11.3 Å². The quantitative estimate of drug-likeness (QED) is 0.719. The molecule has 68 valence electrons. The summed E-state index contributed by atoms with van der Waals surface area (Å²) in [6, 6.07) is 6.76. The fraction of sp³-hybridized carbons (Fsp3) is 0.545. The van der Waals surface area contributed by atoms with E-state index < -0.39 is 0 Å². The van der Waals surface area contributed by atoms with Gasteiger partial charge in [0.05, 0.1) is 11.5 Å². The zero-order chi connectivity index (χ0) is 9.31. The SMILES string of the molecule is CCCc1ccc(C2(C#N)CC2)s1. The molecule has 1 aliphatic carbocycles. The molecular formula is C11H13NS. The fourth-order valence-corrected chi connectivity index (χ4v) is 2.86.